The van der Waals surface area contributed by atoms with E-state index in [0.717, 1.165) is 5.56 Å². The predicted molar refractivity (Wildman–Crippen MR) is 74.8 cm³/mol. The monoisotopic (exact) mass is 274 g/mol. The number of nitro groups is 1. The van der Waals surface area contributed by atoms with E-state index in [-0.39, 0.29) is 17.5 Å². The molecule has 20 heavy (non-hydrogen) atoms. The van der Waals surface area contributed by atoms with Gasteiger partial charge < -0.3 is 5.32 Å². The summed E-state index contributed by atoms with van der Waals surface area (Å²) in [5.74, 6) is -0.258. The largest absolute Gasteiger partial charge is 0.306 e. The molecule has 0 amide bonds. The van der Waals surface area contributed by atoms with Crippen LogP contribution in [0, 0.1) is 15.9 Å². The van der Waals surface area contributed by atoms with Gasteiger partial charge in [0.15, 0.2) is 0 Å². The van der Waals surface area contributed by atoms with Crippen molar-refractivity contribution in [3.8, 4) is 0 Å². The lowest BCUT2D eigenvalue weighted by Gasteiger charge is -2.15. The molecule has 1 atom stereocenters. The van der Waals surface area contributed by atoms with Crippen LogP contribution in [-0.2, 0) is 6.54 Å². The van der Waals surface area contributed by atoms with Gasteiger partial charge in [-0.05, 0) is 18.6 Å². The van der Waals surface area contributed by atoms with Crippen molar-refractivity contribution in [3.63, 3.8) is 0 Å². The van der Waals surface area contributed by atoms with E-state index in [1.807, 2.05) is 6.92 Å². The Morgan fingerprint density at radius 1 is 1.25 bits per heavy atom. The van der Waals surface area contributed by atoms with Gasteiger partial charge in [0.05, 0.1) is 4.92 Å². The first-order chi connectivity index (χ1) is 9.58. The first kappa shape index (κ1) is 14.1. The maximum atomic E-state index is 13.6. The fourth-order valence-electron chi connectivity index (χ4n) is 1.99. The molecule has 2 aromatic rings. The molecule has 0 aromatic heterocycles. The van der Waals surface area contributed by atoms with Crippen molar-refractivity contribution in [3.05, 3.63) is 75.6 Å². The van der Waals surface area contributed by atoms with Crippen molar-refractivity contribution in [1.29, 1.82) is 0 Å². The van der Waals surface area contributed by atoms with Gasteiger partial charge in [0.2, 0.25) is 0 Å². The average molecular weight is 274 g/mol. The zero-order valence-electron chi connectivity index (χ0n) is 11.0. The van der Waals surface area contributed by atoms with Crippen LogP contribution in [0.3, 0.4) is 0 Å². The fourth-order valence-corrected chi connectivity index (χ4v) is 1.99. The third-order valence-electron chi connectivity index (χ3n) is 3.11. The summed E-state index contributed by atoms with van der Waals surface area (Å²) in [4.78, 5) is 10.3. The second kappa shape index (κ2) is 6.25. The van der Waals surface area contributed by atoms with Crippen molar-refractivity contribution < 1.29 is 9.31 Å². The summed E-state index contributed by atoms with van der Waals surface area (Å²) in [7, 11) is 0. The van der Waals surface area contributed by atoms with Crippen LogP contribution in [0.4, 0.5) is 10.1 Å². The van der Waals surface area contributed by atoms with Crippen molar-refractivity contribution in [2.45, 2.75) is 19.5 Å². The van der Waals surface area contributed by atoms with Gasteiger partial charge in [-0.1, -0.05) is 30.3 Å². The Hall–Kier alpha value is -2.27. The second-order valence-corrected chi connectivity index (χ2v) is 4.55. The Labute approximate surface area is 116 Å². The molecule has 0 aliphatic rings. The Bertz CT molecular complexity index is 616. The quantitative estimate of drug-likeness (QED) is 0.669. The zero-order valence-corrected chi connectivity index (χ0v) is 11.0. The van der Waals surface area contributed by atoms with Crippen molar-refractivity contribution in [2.75, 3.05) is 0 Å². The lowest BCUT2D eigenvalue weighted by Crippen LogP contribution is -2.19. The molecule has 0 heterocycles. The molecule has 0 aliphatic carbocycles. The van der Waals surface area contributed by atoms with Crippen LogP contribution < -0.4 is 5.32 Å². The third-order valence-corrected chi connectivity index (χ3v) is 3.11. The standard InChI is InChI=1S/C15H15FN2O2/c1-11(14-7-2-3-8-15(14)16)17-10-12-5-4-6-13(9-12)18(19)20/h2-9,11,17H,10H2,1H3. The molecule has 1 unspecified atom stereocenters. The SMILES string of the molecule is CC(NCc1cccc([N+](=O)[O-])c1)c1ccccc1F. The lowest BCUT2D eigenvalue weighted by molar-refractivity contribution is -0.384. The fraction of sp³-hybridized carbons (Fsp3) is 0.200. The van der Waals surface area contributed by atoms with Gasteiger partial charge in [0, 0.05) is 30.3 Å². The van der Waals surface area contributed by atoms with E-state index in [2.05, 4.69) is 5.32 Å². The van der Waals surface area contributed by atoms with Gasteiger partial charge in [-0.2, -0.15) is 0 Å². The molecule has 0 aliphatic heterocycles. The molecule has 0 bridgehead atoms. The first-order valence-corrected chi connectivity index (χ1v) is 6.29. The van der Waals surface area contributed by atoms with Gasteiger partial charge in [-0.3, -0.25) is 10.1 Å². The minimum Gasteiger partial charge on any atom is -0.306 e. The van der Waals surface area contributed by atoms with E-state index in [4.69, 9.17) is 0 Å². The van der Waals surface area contributed by atoms with Crippen LogP contribution in [0.1, 0.15) is 24.1 Å². The summed E-state index contributed by atoms with van der Waals surface area (Å²) >= 11 is 0. The molecule has 104 valence electrons. The minimum absolute atomic E-state index is 0.0582. The summed E-state index contributed by atoms with van der Waals surface area (Å²) in [5, 5.41) is 13.9. The molecule has 1 N–H and O–H groups in total. The van der Waals surface area contributed by atoms with Gasteiger partial charge in [0.25, 0.3) is 5.69 Å². The molecule has 4 nitrogen and oxygen atoms in total. The summed E-state index contributed by atoms with van der Waals surface area (Å²) in [6, 6.07) is 12.8. The Balaban J connectivity index is 2.04. The van der Waals surface area contributed by atoms with E-state index in [1.54, 1.807) is 30.3 Å². The highest BCUT2D eigenvalue weighted by atomic mass is 19.1. The molecule has 0 spiro atoms. The molecule has 2 aromatic carbocycles. The second-order valence-electron chi connectivity index (χ2n) is 4.55. The molecule has 0 radical (unpaired) electrons. The zero-order chi connectivity index (χ0) is 14.5. The summed E-state index contributed by atoms with van der Waals surface area (Å²) in [5.41, 5.74) is 1.43. The molecule has 0 saturated carbocycles. The molecule has 2 rings (SSSR count). The van der Waals surface area contributed by atoms with E-state index >= 15 is 0 Å². The third kappa shape index (κ3) is 3.39. The number of nitrogens with zero attached hydrogens (tertiary/aromatic N) is 1. The summed E-state index contributed by atoms with van der Waals surface area (Å²) < 4.78 is 13.6. The molecule has 5 heteroatoms. The Morgan fingerprint density at radius 3 is 2.70 bits per heavy atom. The van der Waals surface area contributed by atoms with E-state index in [0.29, 0.717) is 12.1 Å². The number of non-ortho nitro benzene ring substituents is 1. The minimum atomic E-state index is -0.427. The van der Waals surface area contributed by atoms with E-state index < -0.39 is 4.92 Å². The molecular formula is C15H15FN2O2. The molecule has 0 fully saturated rings. The Morgan fingerprint density at radius 2 is 2.00 bits per heavy atom. The predicted octanol–water partition coefficient (Wildman–Crippen LogP) is 3.58. The molecule has 0 saturated heterocycles. The van der Waals surface area contributed by atoms with Crippen LogP contribution in [-0.4, -0.2) is 4.92 Å². The maximum absolute atomic E-state index is 13.6. The average Bonchev–Trinajstić information content (AvgIpc) is 2.45. The van der Waals surface area contributed by atoms with Crippen LogP contribution in [0.5, 0.6) is 0 Å². The lowest BCUT2D eigenvalue weighted by atomic mass is 10.1. The van der Waals surface area contributed by atoms with Crippen molar-refractivity contribution in [2.24, 2.45) is 0 Å². The number of hydrogen-bond donors (Lipinski definition) is 1. The van der Waals surface area contributed by atoms with E-state index in [9.17, 15) is 14.5 Å². The number of nitrogens with one attached hydrogen (secondary N) is 1. The highest BCUT2D eigenvalue weighted by Crippen LogP contribution is 2.18. The van der Waals surface area contributed by atoms with Crippen LogP contribution in [0.2, 0.25) is 0 Å². The van der Waals surface area contributed by atoms with E-state index in [1.165, 1.54) is 18.2 Å². The normalized spacial score (nSPS) is 12.1. The maximum Gasteiger partial charge on any atom is 0.269 e. The highest BCUT2D eigenvalue weighted by molar-refractivity contribution is 5.34. The molecular weight excluding hydrogens is 259 g/mol. The van der Waals surface area contributed by atoms with Gasteiger partial charge in [0.1, 0.15) is 5.82 Å². The number of halogens is 1. The number of rotatable bonds is 5. The topological polar surface area (TPSA) is 55.2 Å². The smallest absolute Gasteiger partial charge is 0.269 e. The van der Waals surface area contributed by atoms with Crippen molar-refractivity contribution in [1.82, 2.24) is 5.32 Å². The van der Waals surface area contributed by atoms with Crippen LogP contribution in [0.15, 0.2) is 48.5 Å². The van der Waals surface area contributed by atoms with Gasteiger partial charge in [-0.15, -0.1) is 0 Å². The first-order valence-electron chi connectivity index (χ1n) is 6.29. The number of benzene rings is 2. The Kier molecular flexibility index (Phi) is 4.42. The van der Waals surface area contributed by atoms with Crippen LogP contribution >= 0.6 is 0 Å². The van der Waals surface area contributed by atoms with Gasteiger partial charge >= 0.3 is 0 Å². The van der Waals surface area contributed by atoms with Crippen molar-refractivity contribution >= 4 is 5.69 Å². The summed E-state index contributed by atoms with van der Waals surface area (Å²) in [6.45, 7) is 2.30. The summed E-state index contributed by atoms with van der Waals surface area (Å²) in [6.07, 6.45) is 0. The van der Waals surface area contributed by atoms with Crippen LogP contribution in [0.25, 0.3) is 0 Å². The number of hydrogen-bond acceptors (Lipinski definition) is 3. The number of nitro benzene ring substituents is 1. The highest BCUT2D eigenvalue weighted by Gasteiger charge is 2.10. The van der Waals surface area contributed by atoms with Gasteiger partial charge in [-0.25, -0.2) is 4.39 Å².